The van der Waals surface area contributed by atoms with Crippen molar-refractivity contribution >= 4 is 34.3 Å². The standard InChI is InChI=1S/C20H18ClN5O2/c1-3-11(2)22-19(27)18-13-10-26(8-7-15(13)24-25-18)20(28)16-9-12-5-4-6-14(21)17(12)23-16/h1,4-6,9,11,23H,7-8,10H2,2H3,(H,22,27)(H,24,25). The molecule has 3 aromatic rings. The first-order valence-corrected chi connectivity index (χ1v) is 9.25. The molecule has 0 saturated carbocycles. The Balaban J connectivity index is 1.58. The predicted molar refractivity (Wildman–Crippen MR) is 106 cm³/mol. The fourth-order valence-electron chi connectivity index (χ4n) is 3.37. The van der Waals surface area contributed by atoms with Gasteiger partial charge in [-0.3, -0.25) is 14.7 Å². The van der Waals surface area contributed by atoms with Crippen LogP contribution >= 0.6 is 11.6 Å². The number of rotatable bonds is 3. The van der Waals surface area contributed by atoms with E-state index in [9.17, 15) is 9.59 Å². The Morgan fingerprint density at radius 3 is 3.00 bits per heavy atom. The van der Waals surface area contributed by atoms with Gasteiger partial charge in [0.25, 0.3) is 11.8 Å². The second kappa shape index (κ2) is 7.06. The third-order valence-corrected chi connectivity index (χ3v) is 5.18. The Morgan fingerprint density at radius 2 is 2.25 bits per heavy atom. The normalized spacial score (nSPS) is 14.4. The van der Waals surface area contributed by atoms with Gasteiger partial charge >= 0.3 is 0 Å². The van der Waals surface area contributed by atoms with Crippen molar-refractivity contribution in [3.05, 3.63) is 51.9 Å². The van der Waals surface area contributed by atoms with Crippen molar-refractivity contribution in [1.82, 2.24) is 25.4 Å². The summed E-state index contributed by atoms with van der Waals surface area (Å²) >= 11 is 6.20. The molecule has 8 heteroatoms. The monoisotopic (exact) mass is 395 g/mol. The maximum Gasteiger partial charge on any atom is 0.273 e. The number of carbonyl (C=O) groups is 2. The summed E-state index contributed by atoms with van der Waals surface area (Å²) < 4.78 is 0. The lowest BCUT2D eigenvalue weighted by Crippen LogP contribution is -2.37. The number of hydrogen-bond donors (Lipinski definition) is 3. The van der Waals surface area contributed by atoms with Crippen molar-refractivity contribution in [3.8, 4) is 12.3 Å². The van der Waals surface area contributed by atoms with Crippen LogP contribution in [0.2, 0.25) is 5.02 Å². The van der Waals surface area contributed by atoms with Gasteiger partial charge < -0.3 is 15.2 Å². The summed E-state index contributed by atoms with van der Waals surface area (Å²) in [5.74, 6) is 1.95. The lowest BCUT2D eigenvalue weighted by molar-refractivity contribution is 0.0726. The van der Waals surface area contributed by atoms with Crippen molar-refractivity contribution in [3.63, 3.8) is 0 Å². The van der Waals surface area contributed by atoms with E-state index in [4.69, 9.17) is 18.0 Å². The summed E-state index contributed by atoms with van der Waals surface area (Å²) in [6.45, 7) is 2.54. The Bertz CT molecular complexity index is 1120. The number of nitrogens with zero attached hydrogens (tertiary/aromatic N) is 2. The van der Waals surface area contributed by atoms with Crippen LogP contribution in [0.3, 0.4) is 0 Å². The minimum absolute atomic E-state index is 0.150. The molecule has 28 heavy (non-hydrogen) atoms. The van der Waals surface area contributed by atoms with E-state index in [0.29, 0.717) is 30.2 Å². The summed E-state index contributed by atoms with van der Waals surface area (Å²) in [5, 5.41) is 11.2. The number of halogens is 1. The van der Waals surface area contributed by atoms with E-state index in [2.05, 4.69) is 26.4 Å². The van der Waals surface area contributed by atoms with E-state index in [0.717, 1.165) is 22.2 Å². The highest BCUT2D eigenvalue weighted by Crippen LogP contribution is 2.26. The second-order valence-electron chi connectivity index (χ2n) is 6.75. The molecule has 2 amide bonds. The molecule has 0 fully saturated rings. The lowest BCUT2D eigenvalue weighted by Gasteiger charge is -2.26. The minimum atomic E-state index is -0.405. The summed E-state index contributed by atoms with van der Waals surface area (Å²) in [6, 6.07) is 6.89. The number of nitrogens with one attached hydrogen (secondary N) is 3. The number of hydrogen-bond acceptors (Lipinski definition) is 3. The zero-order valence-corrected chi connectivity index (χ0v) is 15.9. The average Bonchev–Trinajstić information content (AvgIpc) is 3.31. The summed E-state index contributed by atoms with van der Waals surface area (Å²) in [6.07, 6.45) is 5.91. The zero-order chi connectivity index (χ0) is 19.8. The fraction of sp³-hybridized carbons (Fsp3) is 0.250. The van der Waals surface area contributed by atoms with Crippen LogP contribution in [0, 0.1) is 12.3 Å². The first kappa shape index (κ1) is 18.1. The maximum absolute atomic E-state index is 13.0. The second-order valence-corrected chi connectivity index (χ2v) is 7.16. The molecular formula is C20H18ClN5O2. The predicted octanol–water partition coefficient (Wildman–Crippen LogP) is 2.49. The molecule has 1 unspecified atom stereocenters. The molecule has 0 saturated heterocycles. The van der Waals surface area contributed by atoms with E-state index < -0.39 is 6.04 Å². The number of terminal acetylenes is 1. The molecular weight excluding hydrogens is 378 g/mol. The fourth-order valence-corrected chi connectivity index (χ4v) is 3.60. The van der Waals surface area contributed by atoms with E-state index in [1.54, 1.807) is 24.0 Å². The summed E-state index contributed by atoms with van der Waals surface area (Å²) in [5.41, 5.74) is 3.05. The van der Waals surface area contributed by atoms with Gasteiger partial charge in [-0.25, -0.2) is 0 Å². The SMILES string of the molecule is C#CC(C)NC(=O)c1n[nH]c2c1CN(C(=O)c1cc3cccc(Cl)c3[nH]1)CC2. The summed E-state index contributed by atoms with van der Waals surface area (Å²) in [4.78, 5) is 30.2. The Hall–Kier alpha value is -3.24. The average molecular weight is 396 g/mol. The van der Waals surface area contributed by atoms with Gasteiger partial charge in [0.05, 0.1) is 23.1 Å². The van der Waals surface area contributed by atoms with Gasteiger partial charge in [-0.2, -0.15) is 5.10 Å². The largest absolute Gasteiger partial charge is 0.349 e. The van der Waals surface area contributed by atoms with E-state index in [1.165, 1.54) is 0 Å². The van der Waals surface area contributed by atoms with Gasteiger partial charge in [0.1, 0.15) is 5.69 Å². The minimum Gasteiger partial charge on any atom is -0.349 e. The van der Waals surface area contributed by atoms with Gasteiger partial charge in [0.2, 0.25) is 0 Å². The molecule has 0 radical (unpaired) electrons. The van der Waals surface area contributed by atoms with Crippen molar-refractivity contribution in [2.45, 2.75) is 25.9 Å². The first-order chi connectivity index (χ1) is 13.5. The summed E-state index contributed by atoms with van der Waals surface area (Å²) in [7, 11) is 0. The van der Waals surface area contributed by atoms with Gasteiger partial charge in [0.15, 0.2) is 5.69 Å². The third-order valence-electron chi connectivity index (χ3n) is 4.87. The van der Waals surface area contributed by atoms with Crippen LogP contribution in [0.5, 0.6) is 0 Å². The van der Waals surface area contributed by atoms with Gasteiger partial charge in [-0.15, -0.1) is 6.42 Å². The molecule has 0 spiro atoms. The number of benzene rings is 1. The number of carbonyl (C=O) groups excluding carboxylic acids is 2. The molecule has 1 atom stereocenters. The molecule has 0 bridgehead atoms. The number of aromatic nitrogens is 3. The highest BCUT2D eigenvalue weighted by Gasteiger charge is 2.29. The van der Waals surface area contributed by atoms with E-state index in [-0.39, 0.29) is 17.5 Å². The molecule has 1 aliphatic rings. The third kappa shape index (κ3) is 3.12. The molecule has 3 heterocycles. The van der Waals surface area contributed by atoms with Crippen LogP contribution in [0.4, 0.5) is 0 Å². The van der Waals surface area contributed by atoms with Crippen molar-refractivity contribution in [2.24, 2.45) is 0 Å². The first-order valence-electron chi connectivity index (χ1n) is 8.87. The number of H-pyrrole nitrogens is 2. The van der Waals surface area contributed by atoms with E-state index in [1.807, 2.05) is 12.1 Å². The van der Waals surface area contributed by atoms with Crippen LogP contribution < -0.4 is 5.32 Å². The highest BCUT2D eigenvalue weighted by atomic mass is 35.5. The van der Waals surface area contributed by atoms with Crippen LogP contribution in [0.25, 0.3) is 10.9 Å². The highest BCUT2D eigenvalue weighted by molar-refractivity contribution is 6.35. The van der Waals surface area contributed by atoms with Crippen molar-refractivity contribution in [2.75, 3.05) is 6.54 Å². The Kier molecular flexibility index (Phi) is 4.57. The molecule has 7 nitrogen and oxygen atoms in total. The van der Waals surface area contributed by atoms with Crippen LogP contribution in [0.15, 0.2) is 24.3 Å². The zero-order valence-electron chi connectivity index (χ0n) is 15.2. The van der Waals surface area contributed by atoms with E-state index >= 15 is 0 Å². The lowest BCUT2D eigenvalue weighted by atomic mass is 10.0. The maximum atomic E-state index is 13.0. The molecule has 0 aliphatic carbocycles. The van der Waals surface area contributed by atoms with Gasteiger partial charge in [-0.05, 0) is 19.1 Å². The molecule has 4 rings (SSSR count). The Labute approximate surface area is 166 Å². The molecule has 142 valence electrons. The van der Waals surface area contributed by atoms with Crippen LogP contribution in [0.1, 0.15) is 39.2 Å². The molecule has 1 aromatic carbocycles. The number of para-hydroxylation sites is 1. The van der Waals surface area contributed by atoms with Crippen LogP contribution in [-0.4, -0.2) is 44.5 Å². The number of fused-ring (bicyclic) bond motifs is 2. The number of aromatic amines is 2. The topological polar surface area (TPSA) is 93.9 Å². The quantitative estimate of drug-likeness (QED) is 0.595. The van der Waals surface area contributed by atoms with Gasteiger partial charge in [0, 0.05) is 29.6 Å². The molecule has 2 aromatic heterocycles. The Morgan fingerprint density at radius 1 is 1.43 bits per heavy atom. The van der Waals surface area contributed by atoms with Crippen molar-refractivity contribution in [1.29, 1.82) is 0 Å². The van der Waals surface area contributed by atoms with Gasteiger partial charge in [-0.1, -0.05) is 29.7 Å². The molecule has 3 N–H and O–H groups in total. The molecule has 1 aliphatic heterocycles. The smallest absolute Gasteiger partial charge is 0.273 e. The van der Waals surface area contributed by atoms with Crippen LogP contribution in [-0.2, 0) is 13.0 Å². The number of amides is 2. The van der Waals surface area contributed by atoms with Crippen molar-refractivity contribution < 1.29 is 9.59 Å².